The fourth-order valence-corrected chi connectivity index (χ4v) is 2.25. The van der Waals surface area contributed by atoms with Crippen LogP contribution in [0.4, 0.5) is 0 Å². The van der Waals surface area contributed by atoms with Crippen LogP contribution in [-0.4, -0.2) is 81.8 Å². The van der Waals surface area contributed by atoms with Gasteiger partial charge in [-0.05, 0) is 0 Å². The standard InChI is InChI=1S/C10H12N4O5/c15-1-4-6(16)7(17)10(19-4)14-3-13-5-8(14)11-2-12-9(5)18/h2,4,6-7,10,15-17H,1,3H2/t4-,6-,7-,10-/m1/s1. The third-order valence-corrected chi connectivity index (χ3v) is 3.25. The van der Waals surface area contributed by atoms with E-state index < -0.39 is 37.1 Å². The molecule has 1 amide bonds. The van der Waals surface area contributed by atoms with Gasteiger partial charge in [0.25, 0.3) is 0 Å². The Bertz CT molecular complexity index is 502. The maximum Gasteiger partial charge on any atom is 0.300 e. The van der Waals surface area contributed by atoms with Gasteiger partial charge in [0.1, 0.15) is 31.3 Å². The monoisotopic (exact) mass is 268 g/mol. The third-order valence-electron chi connectivity index (χ3n) is 3.25. The second-order valence-corrected chi connectivity index (χ2v) is 4.35. The van der Waals surface area contributed by atoms with E-state index in [2.05, 4.69) is 15.0 Å². The van der Waals surface area contributed by atoms with E-state index in [1.54, 1.807) is 0 Å². The second kappa shape index (κ2) is 4.46. The minimum Gasteiger partial charge on any atom is -0.394 e. The Hall–Kier alpha value is -1.68. The van der Waals surface area contributed by atoms with Gasteiger partial charge in [0.05, 0.1) is 6.61 Å². The summed E-state index contributed by atoms with van der Waals surface area (Å²) in [7, 11) is 0. The van der Waals surface area contributed by atoms with E-state index in [0.717, 1.165) is 6.34 Å². The van der Waals surface area contributed by atoms with Crippen molar-refractivity contribution in [1.29, 1.82) is 0 Å². The zero-order valence-corrected chi connectivity index (χ0v) is 9.75. The highest BCUT2D eigenvalue weighted by Gasteiger charge is 2.48. The number of rotatable bonds is 2. The fourth-order valence-electron chi connectivity index (χ4n) is 2.25. The van der Waals surface area contributed by atoms with Crippen LogP contribution in [0.2, 0.25) is 0 Å². The summed E-state index contributed by atoms with van der Waals surface area (Å²) in [5.74, 6) is -0.242. The van der Waals surface area contributed by atoms with Gasteiger partial charge < -0.3 is 25.0 Å². The lowest BCUT2D eigenvalue weighted by atomic mass is 10.1. The van der Waals surface area contributed by atoms with Gasteiger partial charge in [-0.1, -0.05) is 0 Å². The van der Waals surface area contributed by atoms with E-state index in [0.29, 0.717) is 0 Å². The highest BCUT2D eigenvalue weighted by molar-refractivity contribution is 6.69. The summed E-state index contributed by atoms with van der Waals surface area (Å²) in [4.78, 5) is 24.4. The van der Waals surface area contributed by atoms with Crippen LogP contribution in [-0.2, 0) is 9.53 Å². The van der Waals surface area contributed by atoms with Crippen LogP contribution in [0, 0.1) is 0 Å². The molecule has 3 aliphatic rings. The number of nitrogens with zero attached hydrogens (tertiary/aromatic N) is 4. The van der Waals surface area contributed by atoms with Crippen LogP contribution in [0.3, 0.4) is 0 Å². The van der Waals surface area contributed by atoms with Gasteiger partial charge in [-0.15, -0.1) is 0 Å². The normalized spacial score (nSPS) is 37.4. The smallest absolute Gasteiger partial charge is 0.300 e. The van der Waals surface area contributed by atoms with Gasteiger partial charge in [-0.2, -0.15) is 4.99 Å². The lowest BCUT2D eigenvalue weighted by molar-refractivity contribution is -0.111. The molecule has 1 saturated heterocycles. The SMILES string of the molecule is O=C1N=CN=C2C1=NCN2[C@@H]1O[C@H](CO)[C@@H](O)[C@H]1O. The number of amidine groups is 1. The molecule has 0 aromatic rings. The minimum absolute atomic E-state index is 0.0792. The van der Waals surface area contributed by atoms with Gasteiger partial charge in [-0.25, -0.2) is 4.99 Å². The number of ether oxygens (including phenoxy) is 1. The molecule has 0 bridgehead atoms. The molecule has 9 heteroatoms. The van der Waals surface area contributed by atoms with Gasteiger partial charge in [0.2, 0.25) is 0 Å². The number of fused-ring (bicyclic) bond motifs is 1. The largest absolute Gasteiger partial charge is 0.394 e. The number of aliphatic hydroxyl groups is 3. The average Bonchev–Trinajstić information content (AvgIpc) is 2.94. The summed E-state index contributed by atoms with van der Waals surface area (Å²) in [5.41, 5.74) is 0.111. The van der Waals surface area contributed by atoms with Crippen molar-refractivity contribution >= 4 is 23.8 Å². The topological polar surface area (TPSA) is 127 Å². The van der Waals surface area contributed by atoms with Crippen molar-refractivity contribution in [2.75, 3.05) is 13.3 Å². The maximum absolute atomic E-state index is 11.5. The van der Waals surface area contributed by atoms with Crippen LogP contribution >= 0.6 is 0 Å². The van der Waals surface area contributed by atoms with E-state index in [1.807, 2.05) is 0 Å². The molecular formula is C10H12N4O5. The summed E-state index contributed by atoms with van der Waals surface area (Å²) in [5, 5.41) is 28.7. The predicted octanol–water partition coefficient (Wildman–Crippen LogP) is -2.89. The molecule has 3 rings (SSSR count). The number of carbonyl (C=O) groups excluding carboxylic acids is 1. The Kier molecular flexibility index (Phi) is 2.90. The quantitative estimate of drug-likeness (QED) is 0.493. The van der Waals surface area contributed by atoms with Crippen LogP contribution in [0.25, 0.3) is 0 Å². The number of aliphatic hydroxyl groups excluding tert-OH is 3. The number of amides is 1. The van der Waals surface area contributed by atoms with E-state index in [9.17, 15) is 15.0 Å². The summed E-state index contributed by atoms with van der Waals surface area (Å²) in [6.45, 7) is -0.334. The van der Waals surface area contributed by atoms with Gasteiger partial charge >= 0.3 is 5.91 Å². The fraction of sp³-hybridized carbons (Fsp3) is 0.600. The highest BCUT2D eigenvalue weighted by Crippen LogP contribution is 2.26. The minimum atomic E-state index is -1.22. The molecule has 3 N–H and O–H groups in total. The molecule has 0 aromatic heterocycles. The molecule has 0 aromatic carbocycles. The van der Waals surface area contributed by atoms with Crippen LogP contribution in [0.5, 0.6) is 0 Å². The van der Waals surface area contributed by atoms with Crippen molar-refractivity contribution < 1.29 is 24.9 Å². The molecule has 102 valence electrons. The Morgan fingerprint density at radius 1 is 1.42 bits per heavy atom. The van der Waals surface area contributed by atoms with Crippen molar-refractivity contribution in [3.05, 3.63) is 0 Å². The highest BCUT2D eigenvalue weighted by atomic mass is 16.6. The molecule has 0 aliphatic carbocycles. The molecule has 9 nitrogen and oxygen atoms in total. The second-order valence-electron chi connectivity index (χ2n) is 4.35. The Morgan fingerprint density at radius 3 is 2.89 bits per heavy atom. The summed E-state index contributed by atoms with van der Waals surface area (Å²) >= 11 is 0. The summed E-state index contributed by atoms with van der Waals surface area (Å²) < 4.78 is 5.37. The number of carbonyl (C=O) groups is 1. The first-order chi connectivity index (χ1) is 9.13. The van der Waals surface area contributed by atoms with Crippen molar-refractivity contribution in [3.8, 4) is 0 Å². The van der Waals surface area contributed by atoms with Crippen LogP contribution in [0.1, 0.15) is 0 Å². The molecule has 4 atom stereocenters. The Labute approximate surface area is 107 Å². The molecule has 0 spiro atoms. The maximum atomic E-state index is 11.5. The van der Waals surface area contributed by atoms with Crippen molar-refractivity contribution in [3.63, 3.8) is 0 Å². The number of hydrogen-bond donors (Lipinski definition) is 3. The lowest BCUT2D eigenvalue weighted by Crippen LogP contribution is -2.48. The van der Waals surface area contributed by atoms with Gasteiger partial charge in [-0.3, -0.25) is 9.79 Å². The van der Waals surface area contributed by atoms with Crippen molar-refractivity contribution in [2.45, 2.75) is 24.5 Å². The first-order valence-corrected chi connectivity index (χ1v) is 5.72. The zero-order valence-electron chi connectivity index (χ0n) is 9.75. The number of aliphatic imine (C=N–C) groups is 3. The zero-order chi connectivity index (χ0) is 13.6. The van der Waals surface area contributed by atoms with E-state index in [1.165, 1.54) is 4.90 Å². The van der Waals surface area contributed by atoms with Gasteiger partial charge in [0.15, 0.2) is 17.8 Å². The van der Waals surface area contributed by atoms with E-state index in [-0.39, 0.29) is 18.2 Å². The lowest BCUT2D eigenvalue weighted by Gasteiger charge is -2.27. The molecular weight excluding hydrogens is 256 g/mol. The third kappa shape index (κ3) is 1.78. The van der Waals surface area contributed by atoms with Crippen molar-refractivity contribution in [2.24, 2.45) is 15.0 Å². The first-order valence-electron chi connectivity index (χ1n) is 5.72. The Morgan fingerprint density at radius 2 is 2.21 bits per heavy atom. The predicted molar refractivity (Wildman–Crippen MR) is 62.8 cm³/mol. The molecule has 19 heavy (non-hydrogen) atoms. The first kappa shape index (κ1) is 12.4. The summed E-state index contributed by atoms with van der Waals surface area (Å²) in [6.07, 6.45) is -3.10. The molecule has 1 fully saturated rings. The van der Waals surface area contributed by atoms with Crippen LogP contribution < -0.4 is 0 Å². The molecule has 3 aliphatic heterocycles. The molecule has 3 heterocycles. The molecule has 0 saturated carbocycles. The van der Waals surface area contributed by atoms with E-state index in [4.69, 9.17) is 9.84 Å². The van der Waals surface area contributed by atoms with Crippen molar-refractivity contribution in [1.82, 2.24) is 4.90 Å². The molecule has 0 radical (unpaired) electrons. The Balaban J connectivity index is 1.84. The van der Waals surface area contributed by atoms with E-state index >= 15 is 0 Å². The van der Waals surface area contributed by atoms with Crippen LogP contribution in [0.15, 0.2) is 15.0 Å². The van der Waals surface area contributed by atoms with Gasteiger partial charge in [0, 0.05) is 0 Å². The number of hydrogen-bond acceptors (Lipinski definition) is 8. The average molecular weight is 268 g/mol. The molecule has 0 unspecified atom stereocenters. The summed E-state index contributed by atoms with van der Waals surface area (Å²) in [6, 6.07) is 0.